The fourth-order valence-electron chi connectivity index (χ4n) is 3.53. The van der Waals surface area contributed by atoms with Gasteiger partial charge in [0, 0.05) is 37.8 Å². The largest absolute Gasteiger partial charge is 0.378 e. The lowest BCUT2D eigenvalue weighted by Crippen LogP contribution is -2.50. The Hall–Kier alpha value is -2.52. The Labute approximate surface area is 167 Å². The van der Waals surface area contributed by atoms with E-state index in [4.69, 9.17) is 4.74 Å². The number of nitrogens with one attached hydrogen (secondary N) is 1. The lowest BCUT2D eigenvalue weighted by Gasteiger charge is -2.36. The van der Waals surface area contributed by atoms with Gasteiger partial charge in [-0.1, -0.05) is 6.07 Å². The average Bonchev–Trinajstić information content (AvgIpc) is 3.23. The molecule has 0 radical (unpaired) electrons. The van der Waals surface area contributed by atoms with E-state index < -0.39 is 0 Å². The van der Waals surface area contributed by atoms with Crippen LogP contribution in [-0.2, 0) is 9.53 Å². The minimum atomic E-state index is -0.211. The second-order valence-corrected chi connectivity index (χ2v) is 7.76. The number of thiazole rings is 1. The molecule has 0 spiro atoms. The number of pyridine rings is 1. The number of piperidine rings is 1. The number of anilines is 1. The van der Waals surface area contributed by atoms with Gasteiger partial charge in [0.05, 0.1) is 24.8 Å². The number of aromatic nitrogens is 2. The first-order chi connectivity index (χ1) is 13.7. The highest BCUT2D eigenvalue weighted by Gasteiger charge is 2.32. The van der Waals surface area contributed by atoms with Gasteiger partial charge in [0.25, 0.3) is 0 Å². The minimum absolute atomic E-state index is 0.131. The Balaban J connectivity index is 1.35. The zero-order valence-corrected chi connectivity index (χ0v) is 16.4. The number of hydrogen-bond acceptors (Lipinski definition) is 6. The Morgan fingerprint density at radius 3 is 2.82 bits per heavy atom. The lowest BCUT2D eigenvalue weighted by molar-refractivity contribution is -0.141. The molecule has 0 bridgehead atoms. The lowest BCUT2D eigenvalue weighted by atomic mass is 9.96. The maximum Gasteiger partial charge on any atom is 0.323 e. The van der Waals surface area contributed by atoms with Crippen molar-refractivity contribution in [2.75, 3.05) is 44.7 Å². The summed E-state index contributed by atoms with van der Waals surface area (Å²) in [5, 5.41) is 5.42. The number of ether oxygens (including phenoxy) is 1. The summed E-state index contributed by atoms with van der Waals surface area (Å²) in [6, 6.07) is 5.43. The van der Waals surface area contributed by atoms with E-state index in [2.05, 4.69) is 15.3 Å². The highest BCUT2D eigenvalue weighted by atomic mass is 32.1. The van der Waals surface area contributed by atoms with Crippen molar-refractivity contribution in [3.05, 3.63) is 29.8 Å². The third kappa shape index (κ3) is 4.31. The molecule has 28 heavy (non-hydrogen) atoms. The molecule has 1 atom stereocenters. The first-order valence-corrected chi connectivity index (χ1v) is 10.4. The van der Waals surface area contributed by atoms with Gasteiger partial charge in [0.15, 0.2) is 0 Å². The van der Waals surface area contributed by atoms with Crippen molar-refractivity contribution in [3.8, 4) is 10.7 Å². The van der Waals surface area contributed by atoms with Crippen molar-refractivity contribution in [3.63, 3.8) is 0 Å². The molecule has 2 aliphatic rings. The number of likely N-dealkylation sites (tertiary alicyclic amines) is 1. The van der Waals surface area contributed by atoms with Gasteiger partial charge in [-0.25, -0.2) is 9.78 Å². The van der Waals surface area contributed by atoms with Gasteiger partial charge in [-0.15, -0.1) is 11.3 Å². The van der Waals surface area contributed by atoms with E-state index >= 15 is 0 Å². The maximum atomic E-state index is 12.7. The average molecular weight is 401 g/mol. The fourth-order valence-corrected chi connectivity index (χ4v) is 4.26. The van der Waals surface area contributed by atoms with Crippen LogP contribution >= 0.6 is 11.3 Å². The van der Waals surface area contributed by atoms with Gasteiger partial charge in [-0.05, 0) is 25.0 Å². The van der Waals surface area contributed by atoms with Crippen LogP contribution in [0.5, 0.6) is 0 Å². The van der Waals surface area contributed by atoms with Gasteiger partial charge >= 0.3 is 6.03 Å². The molecule has 0 unspecified atom stereocenters. The van der Waals surface area contributed by atoms with Crippen LogP contribution in [0.1, 0.15) is 12.8 Å². The van der Waals surface area contributed by atoms with Crippen LogP contribution in [0.25, 0.3) is 10.7 Å². The molecule has 0 saturated carbocycles. The Bertz CT molecular complexity index is 822. The van der Waals surface area contributed by atoms with Gasteiger partial charge in [-0.2, -0.15) is 0 Å². The van der Waals surface area contributed by atoms with Crippen molar-refractivity contribution in [1.29, 1.82) is 0 Å². The molecule has 8 nitrogen and oxygen atoms in total. The molecule has 2 aromatic heterocycles. The summed E-state index contributed by atoms with van der Waals surface area (Å²) in [4.78, 5) is 37.7. The fraction of sp³-hybridized carbons (Fsp3) is 0.474. The molecule has 0 aromatic carbocycles. The van der Waals surface area contributed by atoms with Crippen LogP contribution in [0.3, 0.4) is 0 Å². The molecule has 2 saturated heterocycles. The molecule has 1 N–H and O–H groups in total. The first-order valence-electron chi connectivity index (χ1n) is 9.50. The predicted octanol–water partition coefficient (Wildman–Crippen LogP) is 2.31. The van der Waals surface area contributed by atoms with E-state index in [-0.39, 0.29) is 17.9 Å². The highest BCUT2D eigenvalue weighted by Crippen LogP contribution is 2.25. The summed E-state index contributed by atoms with van der Waals surface area (Å²) in [7, 11) is 0. The number of amides is 3. The standard InChI is InChI=1S/C19H23N5O3S/c25-18(23-8-10-27-11-9-23)14-4-3-7-24(12-14)19(26)22-16-13-28-17(21-16)15-5-1-2-6-20-15/h1-2,5-6,13-14H,3-4,7-12H2,(H,22,26)/t14-/m1/s1. The van der Waals surface area contributed by atoms with Crippen molar-refractivity contribution >= 4 is 29.1 Å². The number of hydrogen-bond donors (Lipinski definition) is 1. The normalized spacial score (nSPS) is 20.1. The van der Waals surface area contributed by atoms with Crippen molar-refractivity contribution in [2.24, 2.45) is 5.92 Å². The van der Waals surface area contributed by atoms with E-state index in [0.29, 0.717) is 45.2 Å². The number of morpholine rings is 1. The molecule has 3 amide bonds. The molecule has 9 heteroatoms. The van der Waals surface area contributed by atoms with Gasteiger partial charge < -0.3 is 14.5 Å². The summed E-state index contributed by atoms with van der Waals surface area (Å²) in [6.45, 7) is 3.54. The predicted molar refractivity (Wildman–Crippen MR) is 106 cm³/mol. The van der Waals surface area contributed by atoms with Crippen LogP contribution in [0.2, 0.25) is 0 Å². The third-order valence-corrected chi connectivity index (χ3v) is 5.87. The molecule has 148 valence electrons. The molecule has 4 rings (SSSR count). The summed E-state index contributed by atoms with van der Waals surface area (Å²) >= 11 is 1.44. The van der Waals surface area contributed by atoms with Gasteiger partial charge in [0.2, 0.25) is 5.91 Å². The van der Waals surface area contributed by atoms with Crippen LogP contribution in [0.4, 0.5) is 10.6 Å². The van der Waals surface area contributed by atoms with E-state index in [0.717, 1.165) is 23.5 Å². The smallest absolute Gasteiger partial charge is 0.323 e. The van der Waals surface area contributed by atoms with E-state index in [9.17, 15) is 9.59 Å². The van der Waals surface area contributed by atoms with Gasteiger partial charge in [0.1, 0.15) is 10.8 Å². The zero-order chi connectivity index (χ0) is 19.3. The molecule has 0 aliphatic carbocycles. The molecule has 2 aromatic rings. The molecular weight excluding hydrogens is 378 g/mol. The second-order valence-electron chi connectivity index (χ2n) is 6.91. The van der Waals surface area contributed by atoms with Crippen LogP contribution in [0, 0.1) is 5.92 Å². The third-order valence-electron chi connectivity index (χ3n) is 5.00. The quantitative estimate of drug-likeness (QED) is 0.853. The molecular formula is C19H23N5O3S. The number of urea groups is 1. The zero-order valence-electron chi connectivity index (χ0n) is 15.5. The molecule has 2 fully saturated rings. The topological polar surface area (TPSA) is 87.7 Å². The first kappa shape index (κ1) is 18.8. The summed E-state index contributed by atoms with van der Waals surface area (Å²) in [5.74, 6) is 0.501. The Kier molecular flexibility index (Phi) is 5.82. The Morgan fingerprint density at radius 2 is 2.04 bits per heavy atom. The maximum absolute atomic E-state index is 12.7. The minimum Gasteiger partial charge on any atom is -0.378 e. The summed E-state index contributed by atoms with van der Waals surface area (Å²) < 4.78 is 5.32. The summed E-state index contributed by atoms with van der Waals surface area (Å²) in [5.41, 5.74) is 0.780. The number of nitrogens with zero attached hydrogens (tertiary/aromatic N) is 4. The summed E-state index contributed by atoms with van der Waals surface area (Å²) in [6.07, 6.45) is 3.36. The van der Waals surface area contributed by atoms with Crippen molar-refractivity contribution in [1.82, 2.24) is 19.8 Å². The number of rotatable bonds is 3. The SMILES string of the molecule is O=C(Nc1csc(-c2ccccn2)n1)N1CCC[C@@H](C(=O)N2CCOCC2)C1. The van der Waals surface area contributed by atoms with E-state index in [1.165, 1.54) is 11.3 Å². The van der Waals surface area contributed by atoms with E-state index in [1.54, 1.807) is 11.1 Å². The van der Waals surface area contributed by atoms with Crippen LogP contribution in [0.15, 0.2) is 29.8 Å². The highest BCUT2D eigenvalue weighted by molar-refractivity contribution is 7.13. The number of carbonyl (C=O) groups excluding carboxylic acids is 2. The van der Waals surface area contributed by atoms with Crippen LogP contribution < -0.4 is 5.32 Å². The monoisotopic (exact) mass is 401 g/mol. The molecule has 2 aliphatic heterocycles. The Morgan fingerprint density at radius 1 is 1.18 bits per heavy atom. The van der Waals surface area contributed by atoms with Crippen molar-refractivity contribution in [2.45, 2.75) is 12.8 Å². The number of carbonyl (C=O) groups is 2. The van der Waals surface area contributed by atoms with E-state index in [1.807, 2.05) is 28.5 Å². The molecule has 4 heterocycles. The van der Waals surface area contributed by atoms with Crippen LogP contribution in [-0.4, -0.2) is 71.1 Å². The second kappa shape index (κ2) is 8.66. The van der Waals surface area contributed by atoms with Crippen molar-refractivity contribution < 1.29 is 14.3 Å². The van der Waals surface area contributed by atoms with Gasteiger partial charge in [-0.3, -0.25) is 15.1 Å².